The average molecular weight is 374 g/mol. The third-order valence-electron chi connectivity index (χ3n) is 3.45. The van der Waals surface area contributed by atoms with E-state index in [4.69, 9.17) is 21.5 Å². The maximum absolute atomic E-state index is 12.3. The number of carbonyl (C=O) groups excluding carboxylic acids is 1. The molecule has 0 aliphatic heterocycles. The van der Waals surface area contributed by atoms with Crippen molar-refractivity contribution in [1.82, 2.24) is 0 Å². The van der Waals surface area contributed by atoms with E-state index >= 15 is 0 Å². The fraction of sp³-hybridized carbons (Fsp3) is 0.118. The molecule has 0 saturated carbocycles. The lowest BCUT2D eigenvalue weighted by Gasteiger charge is -2.19. The first-order valence-electron chi connectivity index (χ1n) is 7.42. The number of hydrogen-bond donors (Lipinski definition) is 3. The van der Waals surface area contributed by atoms with Gasteiger partial charge >= 0.3 is 5.97 Å². The molecule has 0 radical (unpaired) electrons. The number of ketones is 1. The summed E-state index contributed by atoms with van der Waals surface area (Å²) in [5, 5.41) is 13.9. The van der Waals surface area contributed by atoms with Crippen LogP contribution in [0.3, 0.4) is 0 Å². The molecule has 136 valence electrons. The summed E-state index contributed by atoms with van der Waals surface area (Å²) in [7, 11) is 1.55. The van der Waals surface area contributed by atoms with E-state index in [0.29, 0.717) is 17.0 Å². The van der Waals surface area contributed by atoms with Crippen LogP contribution in [0.15, 0.2) is 53.6 Å². The molecule has 0 atom stereocenters. The van der Waals surface area contributed by atoms with Crippen molar-refractivity contribution in [1.29, 1.82) is 0 Å². The minimum atomic E-state index is -1.03. The maximum atomic E-state index is 12.3. The van der Waals surface area contributed by atoms with Gasteiger partial charge in [0.05, 0.1) is 24.1 Å². The Morgan fingerprint density at radius 3 is 2.19 bits per heavy atom. The van der Waals surface area contributed by atoms with Gasteiger partial charge in [-0.1, -0.05) is 11.8 Å². The Balaban J connectivity index is 2.01. The van der Waals surface area contributed by atoms with Crippen LogP contribution < -0.4 is 21.4 Å². The summed E-state index contributed by atoms with van der Waals surface area (Å²) in [6.07, 6.45) is 0. The smallest absolute Gasteiger partial charge is 0.335 e. The second-order valence-electron chi connectivity index (χ2n) is 5.07. The summed E-state index contributed by atoms with van der Waals surface area (Å²) in [6, 6.07) is 12.6. The number of nitrogens with zero attached hydrogens (tertiary/aromatic N) is 2. The van der Waals surface area contributed by atoms with Crippen molar-refractivity contribution >= 4 is 34.4 Å². The Labute approximate surface area is 154 Å². The summed E-state index contributed by atoms with van der Waals surface area (Å²) in [4.78, 5) is 23.1. The van der Waals surface area contributed by atoms with Crippen molar-refractivity contribution in [2.45, 2.75) is 0 Å². The molecule has 0 spiro atoms. The summed E-state index contributed by atoms with van der Waals surface area (Å²) in [5.74, 6) is 10.9. The molecule has 0 aromatic heterocycles. The second-order valence-corrected chi connectivity index (χ2v) is 6.02. The van der Waals surface area contributed by atoms with Gasteiger partial charge in [0.2, 0.25) is 5.17 Å². The van der Waals surface area contributed by atoms with E-state index in [1.165, 1.54) is 29.3 Å². The standard InChI is InChI=1S/C17H18N4O4S/c1-25-14-8-4-11(5-9-14)15(22)10-26-17(20-18)21(19)13-6-2-12(3-7-13)16(23)24/h2-9H,10,18-19H2,1H3,(H,23,24)/b20-17+. The fourth-order valence-corrected chi connectivity index (χ4v) is 2.78. The molecule has 26 heavy (non-hydrogen) atoms. The molecule has 0 bridgehead atoms. The predicted octanol–water partition coefficient (Wildman–Crippen LogP) is 1.92. The van der Waals surface area contributed by atoms with E-state index in [0.717, 1.165) is 11.8 Å². The Morgan fingerprint density at radius 1 is 1.12 bits per heavy atom. The van der Waals surface area contributed by atoms with Crippen molar-refractivity contribution < 1.29 is 19.4 Å². The average Bonchev–Trinajstić information content (AvgIpc) is 2.68. The lowest BCUT2D eigenvalue weighted by Crippen LogP contribution is -2.37. The highest BCUT2D eigenvalue weighted by atomic mass is 32.2. The first kappa shape index (κ1) is 19.3. The van der Waals surface area contributed by atoms with Gasteiger partial charge in [-0.15, -0.1) is 0 Å². The number of aromatic carboxylic acids is 1. The van der Waals surface area contributed by atoms with Crippen LogP contribution in [0.1, 0.15) is 20.7 Å². The van der Waals surface area contributed by atoms with Crippen molar-refractivity contribution in [3.63, 3.8) is 0 Å². The number of ether oxygens (including phenoxy) is 1. The summed E-state index contributed by atoms with van der Waals surface area (Å²) in [6.45, 7) is 0. The largest absolute Gasteiger partial charge is 0.497 e. The molecular weight excluding hydrogens is 356 g/mol. The molecular formula is C17H18N4O4S. The number of rotatable bonds is 6. The SMILES string of the molecule is COc1ccc(C(=O)CS/C(=N/N)N(N)c2ccc(C(=O)O)cc2)cc1. The molecule has 0 aliphatic rings. The van der Waals surface area contributed by atoms with Crippen LogP contribution in [0.2, 0.25) is 0 Å². The van der Waals surface area contributed by atoms with Crippen LogP contribution >= 0.6 is 11.8 Å². The van der Waals surface area contributed by atoms with Crippen LogP contribution in [0.5, 0.6) is 5.75 Å². The second kappa shape index (κ2) is 8.88. The van der Waals surface area contributed by atoms with Crippen LogP contribution in [-0.4, -0.2) is 34.9 Å². The Kier molecular flexibility index (Phi) is 6.59. The predicted molar refractivity (Wildman–Crippen MR) is 101 cm³/mol. The van der Waals surface area contributed by atoms with Crippen LogP contribution in [0.25, 0.3) is 0 Å². The van der Waals surface area contributed by atoms with Gasteiger partial charge in [-0.25, -0.2) is 10.6 Å². The number of carboxylic acids is 1. The van der Waals surface area contributed by atoms with Crippen molar-refractivity contribution in [3.05, 3.63) is 59.7 Å². The molecule has 2 aromatic carbocycles. The molecule has 0 saturated heterocycles. The molecule has 5 N–H and O–H groups in total. The Bertz CT molecular complexity index is 807. The van der Waals surface area contributed by atoms with E-state index in [9.17, 15) is 9.59 Å². The lowest BCUT2D eigenvalue weighted by atomic mass is 10.1. The van der Waals surface area contributed by atoms with Crippen LogP contribution in [0.4, 0.5) is 5.69 Å². The molecule has 0 unspecified atom stereocenters. The highest BCUT2D eigenvalue weighted by Gasteiger charge is 2.15. The molecule has 2 aromatic rings. The van der Waals surface area contributed by atoms with E-state index < -0.39 is 5.97 Å². The third-order valence-corrected chi connectivity index (χ3v) is 4.42. The Morgan fingerprint density at radius 2 is 1.69 bits per heavy atom. The first-order valence-corrected chi connectivity index (χ1v) is 8.41. The molecule has 9 heteroatoms. The quantitative estimate of drug-likeness (QED) is 0.230. The number of amidine groups is 1. The van der Waals surface area contributed by atoms with Gasteiger partial charge in [0.15, 0.2) is 5.78 Å². The van der Waals surface area contributed by atoms with Gasteiger partial charge in [-0.3, -0.25) is 9.80 Å². The topological polar surface area (TPSA) is 131 Å². The highest BCUT2D eigenvalue weighted by Crippen LogP contribution is 2.19. The number of hydrazine groups is 1. The van der Waals surface area contributed by atoms with Crippen LogP contribution in [-0.2, 0) is 0 Å². The monoisotopic (exact) mass is 374 g/mol. The third kappa shape index (κ3) is 4.74. The number of carboxylic acid groups (broad SMARTS) is 1. The minimum absolute atomic E-state index is 0.0866. The zero-order valence-corrected chi connectivity index (χ0v) is 14.8. The number of Topliss-reactive ketones (excluding diaryl/α,β-unsaturated/α-hetero) is 1. The molecule has 8 nitrogen and oxygen atoms in total. The molecule has 0 amide bonds. The van der Waals surface area contributed by atoms with E-state index in [1.54, 1.807) is 31.4 Å². The number of thioether (sulfide) groups is 1. The van der Waals surface area contributed by atoms with Crippen molar-refractivity contribution in [2.75, 3.05) is 17.9 Å². The highest BCUT2D eigenvalue weighted by molar-refractivity contribution is 8.14. The normalized spacial score (nSPS) is 11.1. The first-order chi connectivity index (χ1) is 12.5. The van der Waals surface area contributed by atoms with E-state index in [-0.39, 0.29) is 22.3 Å². The molecule has 0 fully saturated rings. The summed E-state index contributed by atoms with van der Waals surface area (Å²) in [5.41, 5.74) is 1.16. The van der Waals surface area contributed by atoms with Gasteiger partial charge in [-0.2, -0.15) is 5.10 Å². The van der Waals surface area contributed by atoms with Gasteiger partial charge in [0, 0.05) is 5.56 Å². The summed E-state index contributed by atoms with van der Waals surface area (Å²) < 4.78 is 5.06. The van der Waals surface area contributed by atoms with Crippen molar-refractivity contribution in [3.8, 4) is 5.75 Å². The minimum Gasteiger partial charge on any atom is -0.497 e. The lowest BCUT2D eigenvalue weighted by molar-refractivity contribution is 0.0696. The van der Waals surface area contributed by atoms with Gasteiger partial charge in [0.1, 0.15) is 5.75 Å². The molecule has 2 rings (SSSR count). The molecule has 0 heterocycles. The van der Waals surface area contributed by atoms with E-state index in [2.05, 4.69) is 5.10 Å². The number of hydrogen-bond acceptors (Lipinski definition) is 7. The number of nitrogens with two attached hydrogens (primary N) is 2. The maximum Gasteiger partial charge on any atom is 0.335 e. The van der Waals surface area contributed by atoms with E-state index in [1.807, 2.05) is 0 Å². The number of carbonyl (C=O) groups is 2. The fourth-order valence-electron chi connectivity index (χ4n) is 2.03. The number of anilines is 1. The zero-order chi connectivity index (χ0) is 19.1. The van der Waals surface area contributed by atoms with Crippen LogP contribution in [0, 0.1) is 0 Å². The van der Waals surface area contributed by atoms with Crippen molar-refractivity contribution in [2.24, 2.45) is 16.8 Å². The Hall–Kier alpha value is -3.04. The van der Waals surface area contributed by atoms with Gasteiger partial charge in [0.25, 0.3) is 0 Å². The number of hydrazone groups is 1. The summed E-state index contributed by atoms with van der Waals surface area (Å²) >= 11 is 1.08. The number of methoxy groups -OCH3 is 1. The van der Waals surface area contributed by atoms with Gasteiger partial charge in [-0.05, 0) is 48.5 Å². The zero-order valence-electron chi connectivity index (χ0n) is 14.0. The molecule has 0 aliphatic carbocycles. The van der Waals surface area contributed by atoms with Gasteiger partial charge < -0.3 is 15.7 Å². The number of benzene rings is 2.